The van der Waals surface area contributed by atoms with Gasteiger partial charge in [0.15, 0.2) is 0 Å². The van der Waals surface area contributed by atoms with Crippen molar-refractivity contribution in [1.29, 1.82) is 0 Å². The van der Waals surface area contributed by atoms with Crippen molar-refractivity contribution < 1.29 is 18.0 Å². The molecule has 34 heavy (non-hydrogen) atoms. The summed E-state index contributed by atoms with van der Waals surface area (Å²) in [5.41, 5.74) is 3.89. The molecule has 0 radical (unpaired) electrons. The van der Waals surface area contributed by atoms with Crippen LogP contribution in [0.5, 0.6) is 0 Å². The summed E-state index contributed by atoms with van der Waals surface area (Å²) < 4.78 is 27.4. The smallest absolute Gasteiger partial charge is 0.247 e. The Kier molecular flexibility index (Phi) is 7.09. The van der Waals surface area contributed by atoms with E-state index in [-0.39, 0.29) is 22.6 Å². The molecule has 0 aliphatic carbocycles. The molecular weight excluding hydrogens is 450 g/mol. The van der Waals surface area contributed by atoms with E-state index in [1.807, 2.05) is 39.0 Å². The molecular formula is C26H33N3O4S. The molecule has 4 rings (SSSR count). The maximum Gasteiger partial charge on any atom is 0.247 e. The zero-order valence-electron chi connectivity index (χ0n) is 20.1. The molecule has 1 N–H and O–H groups in total. The number of anilines is 1. The van der Waals surface area contributed by atoms with Crippen LogP contribution in [0.25, 0.3) is 0 Å². The lowest BCUT2D eigenvalue weighted by atomic mass is 9.96. The van der Waals surface area contributed by atoms with Crippen LogP contribution >= 0.6 is 0 Å². The zero-order valence-corrected chi connectivity index (χ0v) is 20.9. The quantitative estimate of drug-likeness (QED) is 0.703. The number of carbonyl (C=O) groups excluding carboxylic acids is 2. The lowest BCUT2D eigenvalue weighted by molar-refractivity contribution is -0.141. The Morgan fingerprint density at radius 2 is 1.53 bits per heavy atom. The number of nitrogens with one attached hydrogen (secondary N) is 1. The third-order valence-corrected chi connectivity index (χ3v) is 8.85. The highest BCUT2D eigenvalue weighted by atomic mass is 32.2. The third-order valence-electron chi connectivity index (χ3n) is 6.94. The van der Waals surface area contributed by atoms with E-state index in [9.17, 15) is 18.0 Å². The minimum Gasteiger partial charge on any atom is -0.330 e. The summed E-state index contributed by atoms with van der Waals surface area (Å²) in [5.74, 6) is -0.457. The van der Waals surface area contributed by atoms with Crippen molar-refractivity contribution in [3.8, 4) is 0 Å². The monoisotopic (exact) mass is 483 g/mol. The average molecular weight is 484 g/mol. The second kappa shape index (κ2) is 9.88. The number of aryl methyl sites for hydroxylation is 3. The summed E-state index contributed by atoms with van der Waals surface area (Å²) in [7, 11) is -3.57. The minimum atomic E-state index is -3.57. The van der Waals surface area contributed by atoms with Gasteiger partial charge in [-0.1, -0.05) is 35.4 Å². The van der Waals surface area contributed by atoms with Gasteiger partial charge in [0, 0.05) is 31.2 Å². The Labute approximate surface area is 202 Å². The van der Waals surface area contributed by atoms with Crippen LogP contribution in [-0.2, 0) is 19.6 Å². The van der Waals surface area contributed by atoms with Crippen LogP contribution in [-0.4, -0.2) is 55.1 Å². The zero-order chi connectivity index (χ0) is 24.5. The third kappa shape index (κ3) is 5.03. The van der Waals surface area contributed by atoms with Crippen molar-refractivity contribution in [3.05, 3.63) is 59.2 Å². The molecule has 8 heteroatoms. The molecule has 0 bridgehead atoms. The first-order valence-electron chi connectivity index (χ1n) is 11.9. The second-order valence-corrected chi connectivity index (χ2v) is 11.4. The van der Waals surface area contributed by atoms with E-state index in [0.717, 1.165) is 28.8 Å². The second-order valence-electron chi connectivity index (χ2n) is 9.49. The molecule has 2 amide bonds. The number of carbonyl (C=O) groups is 2. The number of rotatable bonds is 5. The van der Waals surface area contributed by atoms with E-state index in [4.69, 9.17) is 0 Å². The number of hydrogen-bond acceptors (Lipinski definition) is 4. The first-order chi connectivity index (χ1) is 16.2. The van der Waals surface area contributed by atoms with Crippen molar-refractivity contribution in [1.82, 2.24) is 9.21 Å². The SMILES string of the molecule is Cc1ccc(S(=O)(=O)N2CCC(C(=O)N3CCCC3C(=O)Nc3ccc(C)cc3C)CC2)cc1. The molecule has 182 valence electrons. The largest absolute Gasteiger partial charge is 0.330 e. The van der Waals surface area contributed by atoms with Crippen molar-refractivity contribution in [2.75, 3.05) is 25.0 Å². The number of hydrogen-bond donors (Lipinski definition) is 1. The first kappa shape index (κ1) is 24.4. The van der Waals surface area contributed by atoms with Crippen LogP contribution in [0.3, 0.4) is 0 Å². The van der Waals surface area contributed by atoms with Gasteiger partial charge in [-0.2, -0.15) is 4.31 Å². The molecule has 7 nitrogen and oxygen atoms in total. The van der Waals surface area contributed by atoms with Gasteiger partial charge < -0.3 is 10.2 Å². The fraction of sp³-hybridized carbons (Fsp3) is 0.462. The number of nitrogens with zero attached hydrogens (tertiary/aromatic N) is 2. The fourth-order valence-corrected chi connectivity index (χ4v) is 6.38. The average Bonchev–Trinajstić information content (AvgIpc) is 3.31. The van der Waals surface area contributed by atoms with E-state index >= 15 is 0 Å². The molecule has 0 spiro atoms. The number of amides is 2. The van der Waals surface area contributed by atoms with Gasteiger partial charge in [0.2, 0.25) is 21.8 Å². The molecule has 2 heterocycles. The predicted octanol–water partition coefficient (Wildman–Crippen LogP) is 3.64. The molecule has 2 aromatic carbocycles. The van der Waals surface area contributed by atoms with E-state index < -0.39 is 16.1 Å². The highest BCUT2D eigenvalue weighted by Gasteiger charge is 2.39. The lowest BCUT2D eigenvalue weighted by Crippen LogP contribution is -2.48. The van der Waals surface area contributed by atoms with Crippen LogP contribution in [0.1, 0.15) is 42.4 Å². The number of piperidine rings is 1. The van der Waals surface area contributed by atoms with Gasteiger partial charge in [0.1, 0.15) is 6.04 Å². The van der Waals surface area contributed by atoms with E-state index in [1.54, 1.807) is 29.2 Å². The summed E-state index contributed by atoms with van der Waals surface area (Å²) in [4.78, 5) is 28.3. The molecule has 1 unspecified atom stereocenters. The molecule has 2 fully saturated rings. The Hall–Kier alpha value is -2.71. The van der Waals surface area contributed by atoms with Crippen molar-refractivity contribution >= 4 is 27.5 Å². The number of likely N-dealkylation sites (tertiary alicyclic amines) is 1. The summed E-state index contributed by atoms with van der Waals surface area (Å²) >= 11 is 0. The summed E-state index contributed by atoms with van der Waals surface area (Å²) in [6.07, 6.45) is 2.36. The topological polar surface area (TPSA) is 86.8 Å². The maximum absolute atomic E-state index is 13.3. The number of benzene rings is 2. The highest BCUT2D eigenvalue weighted by molar-refractivity contribution is 7.89. The highest BCUT2D eigenvalue weighted by Crippen LogP contribution is 2.29. The maximum atomic E-state index is 13.3. The summed E-state index contributed by atoms with van der Waals surface area (Å²) in [6, 6.07) is 12.2. The minimum absolute atomic E-state index is 0.0364. The Morgan fingerprint density at radius 1 is 0.882 bits per heavy atom. The molecule has 2 saturated heterocycles. The molecule has 0 saturated carbocycles. The molecule has 2 aliphatic heterocycles. The van der Waals surface area contributed by atoms with Gasteiger partial charge in [-0.15, -0.1) is 0 Å². The van der Waals surface area contributed by atoms with E-state index in [0.29, 0.717) is 38.9 Å². The van der Waals surface area contributed by atoms with E-state index in [1.165, 1.54) is 4.31 Å². The molecule has 0 aromatic heterocycles. The van der Waals surface area contributed by atoms with Gasteiger partial charge in [-0.3, -0.25) is 9.59 Å². The number of sulfonamides is 1. The molecule has 2 aliphatic rings. The summed E-state index contributed by atoms with van der Waals surface area (Å²) in [5, 5.41) is 3.00. The summed E-state index contributed by atoms with van der Waals surface area (Å²) in [6.45, 7) is 7.05. The first-order valence-corrected chi connectivity index (χ1v) is 13.4. The van der Waals surface area contributed by atoms with Crippen LogP contribution < -0.4 is 5.32 Å². The van der Waals surface area contributed by atoms with Crippen LogP contribution in [0.4, 0.5) is 5.69 Å². The standard InChI is InChI=1S/C26H33N3O4S/c1-18-6-9-22(10-7-18)34(32,33)28-15-12-21(13-16-28)26(31)29-14-4-5-24(29)25(30)27-23-11-8-19(2)17-20(23)3/h6-11,17,21,24H,4-5,12-16H2,1-3H3,(H,27,30). The Balaban J connectivity index is 1.38. The van der Waals surface area contributed by atoms with Crippen molar-refractivity contribution in [2.24, 2.45) is 5.92 Å². The fourth-order valence-electron chi connectivity index (χ4n) is 4.91. The normalized spacial score (nSPS) is 19.9. The molecule has 2 aromatic rings. The Bertz CT molecular complexity index is 1170. The van der Waals surface area contributed by atoms with Gasteiger partial charge in [0.05, 0.1) is 4.90 Å². The van der Waals surface area contributed by atoms with Gasteiger partial charge in [0.25, 0.3) is 0 Å². The van der Waals surface area contributed by atoms with Crippen LogP contribution in [0.2, 0.25) is 0 Å². The van der Waals surface area contributed by atoms with Crippen molar-refractivity contribution in [3.63, 3.8) is 0 Å². The van der Waals surface area contributed by atoms with Crippen LogP contribution in [0, 0.1) is 26.7 Å². The van der Waals surface area contributed by atoms with E-state index in [2.05, 4.69) is 5.32 Å². The van der Waals surface area contributed by atoms with Crippen molar-refractivity contribution in [2.45, 2.75) is 57.4 Å². The lowest BCUT2D eigenvalue weighted by Gasteiger charge is -2.34. The van der Waals surface area contributed by atoms with Crippen LogP contribution in [0.15, 0.2) is 47.4 Å². The Morgan fingerprint density at radius 3 is 2.18 bits per heavy atom. The van der Waals surface area contributed by atoms with Gasteiger partial charge >= 0.3 is 0 Å². The van der Waals surface area contributed by atoms with Gasteiger partial charge in [-0.05, 0) is 70.2 Å². The molecule has 1 atom stereocenters. The van der Waals surface area contributed by atoms with Gasteiger partial charge in [-0.25, -0.2) is 8.42 Å². The predicted molar refractivity (Wildman–Crippen MR) is 132 cm³/mol.